The van der Waals surface area contributed by atoms with Gasteiger partial charge in [0.2, 0.25) is 0 Å². The molecule has 4 nitrogen and oxygen atoms in total. The molecule has 1 unspecified atom stereocenters. The summed E-state index contributed by atoms with van der Waals surface area (Å²) in [6.45, 7) is 4.54. The minimum absolute atomic E-state index is 0.0123. The number of nitrogens with one attached hydrogen (secondary N) is 1. The second kappa shape index (κ2) is 7.71. The summed E-state index contributed by atoms with van der Waals surface area (Å²) in [5.74, 6) is 0.567. The molecule has 0 radical (unpaired) electrons. The maximum Gasteiger partial charge on any atom is 0.251 e. The first-order chi connectivity index (χ1) is 8.71. The molecule has 0 saturated carbocycles. The second-order valence-electron chi connectivity index (χ2n) is 4.05. The van der Waals surface area contributed by atoms with E-state index in [1.807, 2.05) is 19.9 Å². The molecule has 1 atom stereocenters. The lowest BCUT2D eigenvalue weighted by Gasteiger charge is -2.16. The van der Waals surface area contributed by atoms with Crippen LogP contribution in [-0.2, 0) is 0 Å². The standard InChI is InChI=1S/C14H21NO3/c1-3-12(8-9-16)15-14(17)11-6-5-7-13(10-11)18-4-2/h5-7,10,12,16H,3-4,8-9H2,1-2H3,(H,15,17). The molecule has 0 aliphatic heterocycles. The Labute approximate surface area is 108 Å². The zero-order valence-corrected chi connectivity index (χ0v) is 11.0. The molecule has 0 fully saturated rings. The highest BCUT2D eigenvalue weighted by molar-refractivity contribution is 5.94. The normalized spacial score (nSPS) is 11.9. The predicted octanol–water partition coefficient (Wildman–Crippen LogP) is 1.98. The van der Waals surface area contributed by atoms with E-state index in [2.05, 4.69) is 5.32 Å². The van der Waals surface area contributed by atoms with E-state index in [0.29, 0.717) is 24.3 Å². The van der Waals surface area contributed by atoms with E-state index in [-0.39, 0.29) is 18.6 Å². The lowest BCUT2D eigenvalue weighted by atomic mass is 10.1. The van der Waals surface area contributed by atoms with Crippen molar-refractivity contribution in [1.82, 2.24) is 5.32 Å². The van der Waals surface area contributed by atoms with Crippen LogP contribution in [0.15, 0.2) is 24.3 Å². The molecule has 1 rings (SSSR count). The largest absolute Gasteiger partial charge is 0.494 e. The number of hydrogen-bond donors (Lipinski definition) is 2. The van der Waals surface area contributed by atoms with Crippen molar-refractivity contribution in [3.05, 3.63) is 29.8 Å². The third-order valence-corrected chi connectivity index (χ3v) is 2.71. The number of carbonyl (C=O) groups is 1. The van der Waals surface area contributed by atoms with Crippen LogP contribution in [0.25, 0.3) is 0 Å². The second-order valence-corrected chi connectivity index (χ2v) is 4.05. The number of ether oxygens (including phenoxy) is 1. The lowest BCUT2D eigenvalue weighted by Crippen LogP contribution is -2.35. The molecule has 2 N–H and O–H groups in total. The maximum absolute atomic E-state index is 12.0. The molecule has 0 aliphatic rings. The molecule has 0 aliphatic carbocycles. The zero-order valence-electron chi connectivity index (χ0n) is 11.0. The van der Waals surface area contributed by atoms with Crippen LogP contribution in [0.4, 0.5) is 0 Å². The van der Waals surface area contributed by atoms with Gasteiger partial charge in [-0.05, 0) is 38.0 Å². The van der Waals surface area contributed by atoms with Gasteiger partial charge in [0.15, 0.2) is 0 Å². The van der Waals surface area contributed by atoms with Crippen molar-refractivity contribution in [3.63, 3.8) is 0 Å². The minimum atomic E-state index is -0.128. The predicted molar refractivity (Wildman–Crippen MR) is 70.9 cm³/mol. The molecule has 0 spiro atoms. The molecular formula is C14H21NO3. The van der Waals surface area contributed by atoms with Gasteiger partial charge in [-0.15, -0.1) is 0 Å². The van der Waals surface area contributed by atoms with Crippen molar-refractivity contribution in [2.45, 2.75) is 32.7 Å². The summed E-state index contributed by atoms with van der Waals surface area (Å²) in [6, 6.07) is 7.12. The fourth-order valence-corrected chi connectivity index (χ4v) is 1.70. The Morgan fingerprint density at radius 3 is 2.83 bits per heavy atom. The average molecular weight is 251 g/mol. The molecule has 0 aromatic heterocycles. The van der Waals surface area contributed by atoms with Crippen molar-refractivity contribution in [2.24, 2.45) is 0 Å². The van der Waals surface area contributed by atoms with E-state index in [0.717, 1.165) is 6.42 Å². The highest BCUT2D eigenvalue weighted by Gasteiger charge is 2.12. The topological polar surface area (TPSA) is 58.6 Å². The summed E-state index contributed by atoms with van der Waals surface area (Å²) in [5.41, 5.74) is 0.581. The summed E-state index contributed by atoms with van der Waals surface area (Å²) in [5, 5.41) is 11.8. The Balaban J connectivity index is 2.68. The van der Waals surface area contributed by atoms with E-state index in [4.69, 9.17) is 9.84 Å². The fourth-order valence-electron chi connectivity index (χ4n) is 1.70. The number of aliphatic hydroxyl groups excluding tert-OH is 1. The summed E-state index contributed by atoms with van der Waals surface area (Å²) < 4.78 is 5.36. The van der Waals surface area contributed by atoms with E-state index in [1.54, 1.807) is 18.2 Å². The third kappa shape index (κ3) is 4.37. The van der Waals surface area contributed by atoms with Crippen molar-refractivity contribution < 1.29 is 14.6 Å². The maximum atomic E-state index is 12.0. The fraction of sp³-hybridized carbons (Fsp3) is 0.500. The van der Waals surface area contributed by atoms with E-state index >= 15 is 0 Å². The number of hydrogen-bond acceptors (Lipinski definition) is 3. The molecular weight excluding hydrogens is 230 g/mol. The van der Waals surface area contributed by atoms with E-state index < -0.39 is 0 Å². The number of carbonyl (C=O) groups excluding carboxylic acids is 1. The van der Waals surface area contributed by atoms with Crippen LogP contribution >= 0.6 is 0 Å². The third-order valence-electron chi connectivity index (χ3n) is 2.71. The first-order valence-electron chi connectivity index (χ1n) is 6.35. The van der Waals surface area contributed by atoms with Crippen molar-refractivity contribution in [1.29, 1.82) is 0 Å². The van der Waals surface area contributed by atoms with Crippen LogP contribution in [0.1, 0.15) is 37.0 Å². The van der Waals surface area contributed by atoms with Crippen LogP contribution < -0.4 is 10.1 Å². The smallest absolute Gasteiger partial charge is 0.251 e. The van der Waals surface area contributed by atoms with Crippen molar-refractivity contribution >= 4 is 5.91 Å². The molecule has 0 saturated heterocycles. The highest BCUT2D eigenvalue weighted by atomic mass is 16.5. The SMILES string of the molecule is CCOc1cccc(C(=O)NC(CC)CCO)c1. The first kappa shape index (κ1) is 14.5. The van der Waals surface area contributed by atoms with Gasteiger partial charge in [0.25, 0.3) is 5.91 Å². The Morgan fingerprint density at radius 1 is 1.44 bits per heavy atom. The number of aliphatic hydroxyl groups is 1. The summed E-state index contributed by atoms with van der Waals surface area (Å²) >= 11 is 0. The van der Waals surface area contributed by atoms with Gasteiger partial charge < -0.3 is 15.2 Å². The van der Waals surface area contributed by atoms with Crippen LogP contribution in [0.5, 0.6) is 5.75 Å². The number of rotatable bonds is 7. The summed E-state index contributed by atoms with van der Waals surface area (Å²) in [7, 11) is 0. The quantitative estimate of drug-likeness (QED) is 0.779. The van der Waals surface area contributed by atoms with Crippen LogP contribution in [0.3, 0.4) is 0 Å². The molecule has 18 heavy (non-hydrogen) atoms. The van der Waals surface area contributed by atoms with Gasteiger partial charge >= 0.3 is 0 Å². The van der Waals surface area contributed by atoms with Gasteiger partial charge in [-0.3, -0.25) is 4.79 Å². The van der Waals surface area contributed by atoms with Gasteiger partial charge in [-0.25, -0.2) is 0 Å². The molecule has 0 heterocycles. The molecule has 4 heteroatoms. The van der Waals surface area contributed by atoms with Gasteiger partial charge in [-0.2, -0.15) is 0 Å². The Bertz CT molecular complexity index is 379. The molecule has 1 aromatic rings. The first-order valence-corrected chi connectivity index (χ1v) is 6.35. The minimum Gasteiger partial charge on any atom is -0.494 e. The van der Waals surface area contributed by atoms with Crippen LogP contribution in [0, 0.1) is 0 Å². The molecule has 1 aromatic carbocycles. The van der Waals surface area contributed by atoms with Gasteiger partial charge in [0.05, 0.1) is 6.61 Å². The van der Waals surface area contributed by atoms with E-state index in [9.17, 15) is 4.79 Å². The monoisotopic (exact) mass is 251 g/mol. The van der Waals surface area contributed by atoms with Gasteiger partial charge in [0.1, 0.15) is 5.75 Å². The zero-order chi connectivity index (χ0) is 13.4. The Morgan fingerprint density at radius 2 is 2.22 bits per heavy atom. The van der Waals surface area contributed by atoms with Crippen LogP contribution in [-0.4, -0.2) is 30.3 Å². The van der Waals surface area contributed by atoms with Crippen molar-refractivity contribution in [2.75, 3.05) is 13.2 Å². The summed E-state index contributed by atoms with van der Waals surface area (Å²) in [6.07, 6.45) is 1.38. The van der Waals surface area contributed by atoms with Gasteiger partial charge in [0, 0.05) is 18.2 Å². The van der Waals surface area contributed by atoms with E-state index in [1.165, 1.54) is 0 Å². The average Bonchev–Trinajstić information content (AvgIpc) is 2.39. The lowest BCUT2D eigenvalue weighted by molar-refractivity contribution is 0.0928. The number of amides is 1. The number of benzene rings is 1. The molecule has 1 amide bonds. The Kier molecular flexibility index (Phi) is 6.22. The van der Waals surface area contributed by atoms with Gasteiger partial charge in [-0.1, -0.05) is 13.0 Å². The Hall–Kier alpha value is -1.55. The highest BCUT2D eigenvalue weighted by Crippen LogP contribution is 2.13. The molecule has 100 valence electrons. The van der Waals surface area contributed by atoms with Crippen LogP contribution in [0.2, 0.25) is 0 Å². The van der Waals surface area contributed by atoms with Crippen molar-refractivity contribution in [3.8, 4) is 5.75 Å². The summed E-state index contributed by atoms with van der Waals surface area (Å²) in [4.78, 5) is 12.0. The molecule has 0 bridgehead atoms.